The minimum Gasteiger partial charge on any atom is -0.493 e. The summed E-state index contributed by atoms with van der Waals surface area (Å²) in [5, 5.41) is 2.93. The Labute approximate surface area is 126 Å². The SMILES string of the molecule is O=C(NCc1ccc2c(c1)CCO2)c1cccc(Br)c1. The molecule has 1 heterocycles. The molecule has 20 heavy (non-hydrogen) atoms. The second-order valence-electron chi connectivity index (χ2n) is 4.73. The Morgan fingerprint density at radius 3 is 3.00 bits per heavy atom. The first-order valence-electron chi connectivity index (χ1n) is 6.51. The smallest absolute Gasteiger partial charge is 0.251 e. The van der Waals surface area contributed by atoms with Gasteiger partial charge in [0.1, 0.15) is 5.75 Å². The highest BCUT2D eigenvalue weighted by molar-refractivity contribution is 9.10. The molecule has 1 aliphatic heterocycles. The number of amides is 1. The Morgan fingerprint density at radius 1 is 1.25 bits per heavy atom. The van der Waals surface area contributed by atoms with E-state index >= 15 is 0 Å². The Hall–Kier alpha value is -1.81. The third-order valence-electron chi connectivity index (χ3n) is 3.29. The van der Waals surface area contributed by atoms with E-state index in [9.17, 15) is 4.79 Å². The van der Waals surface area contributed by atoms with Gasteiger partial charge >= 0.3 is 0 Å². The van der Waals surface area contributed by atoms with Gasteiger partial charge in [-0.1, -0.05) is 34.1 Å². The maximum absolute atomic E-state index is 12.0. The molecule has 0 saturated heterocycles. The Kier molecular flexibility index (Phi) is 3.74. The van der Waals surface area contributed by atoms with E-state index in [2.05, 4.69) is 27.3 Å². The van der Waals surface area contributed by atoms with Gasteiger partial charge in [-0.15, -0.1) is 0 Å². The number of nitrogens with one attached hydrogen (secondary N) is 1. The van der Waals surface area contributed by atoms with Gasteiger partial charge in [0, 0.05) is 23.0 Å². The fourth-order valence-electron chi connectivity index (χ4n) is 2.26. The lowest BCUT2D eigenvalue weighted by Gasteiger charge is -2.07. The van der Waals surface area contributed by atoms with E-state index in [1.165, 1.54) is 5.56 Å². The molecule has 3 nitrogen and oxygen atoms in total. The van der Waals surface area contributed by atoms with Crippen LogP contribution in [0.25, 0.3) is 0 Å². The van der Waals surface area contributed by atoms with Crippen molar-refractivity contribution in [1.29, 1.82) is 0 Å². The first-order valence-corrected chi connectivity index (χ1v) is 7.30. The molecule has 1 N–H and O–H groups in total. The molecule has 0 aliphatic carbocycles. The Morgan fingerprint density at radius 2 is 2.15 bits per heavy atom. The topological polar surface area (TPSA) is 38.3 Å². The number of benzene rings is 2. The summed E-state index contributed by atoms with van der Waals surface area (Å²) in [4.78, 5) is 12.0. The van der Waals surface area contributed by atoms with Crippen molar-refractivity contribution in [1.82, 2.24) is 5.32 Å². The molecule has 2 aromatic carbocycles. The highest BCUT2D eigenvalue weighted by Gasteiger charge is 2.12. The van der Waals surface area contributed by atoms with Gasteiger partial charge < -0.3 is 10.1 Å². The number of hydrogen-bond acceptors (Lipinski definition) is 2. The van der Waals surface area contributed by atoms with E-state index in [0.717, 1.165) is 28.8 Å². The van der Waals surface area contributed by atoms with E-state index in [0.29, 0.717) is 12.1 Å². The molecule has 0 saturated carbocycles. The van der Waals surface area contributed by atoms with Crippen molar-refractivity contribution >= 4 is 21.8 Å². The second kappa shape index (κ2) is 5.67. The number of carbonyl (C=O) groups excluding carboxylic acids is 1. The maximum Gasteiger partial charge on any atom is 0.251 e. The molecule has 4 heteroatoms. The van der Waals surface area contributed by atoms with Crippen LogP contribution in [0.3, 0.4) is 0 Å². The van der Waals surface area contributed by atoms with Crippen molar-refractivity contribution < 1.29 is 9.53 Å². The molecule has 0 aromatic heterocycles. The molecule has 0 radical (unpaired) electrons. The standard InChI is InChI=1S/C16H14BrNO2/c17-14-3-1-2-13(9-14)16(19)18-10-11-4-5-15-12(8-11)6-7-20-15/h1-5,8-9H,6-7,10H2,(H,18,19). The van der Waals surface area contributed by atoms with E-state index in [-0.39, 0.29) is 5.91 Å². The van der Waals surface area contributed by atoms with Crippen molar-refractivity contribution in [3.05, 3.63) is 63.6 Å². The van der Waals surface area contributed by atoms with Crippen LogP contribution < -0.4 is 10.1 Å². The van der Waals surface area contributed by atoms with Gasteiger partial charge in [-0.25, -0.2) is 0 Å². The lowest BCUT2D eigenvalue weighted by molar-refractivity contribution is 0.0951. The Balaban J connectivity index is 1.66. The number of rotatable bonds is 3. The molecular weight excluding hydrogens is 318 g/mol. The van der Waals surface area contributed by atoms with Gasteiger partial charge in [-0.2, -0.15) is 0 Å². The summed E-state index contributed by atoms with van der Waals surface area (Å²) in [6.45, 7) is 1.28. The van der Waals surface area contributed by atoms with Gasteiger partial charge in [0.15, 0.2) is 0 Å². The van der Waals surface area contributed by atoms with Crippen LogP contribution in [-0.4, -0.2) is 12.5 Å². The van der Waals surface area contributed by atoms with Gasteiger partial charge in [0.2, 0.25) is 0 Å². The normalized spacial score (nSPS) is 12.7. The van der Waals surface area contributed by atoms with Gasteiger partial charge in [-0.3, -0.25) is 4.79 Å². The zero-order valence-electron chi connectivity index (χ0n) is 10.9. The van der Waals surface area contributed by atoms with Gasteiger partial charge in [0.25, 0.3) is 5.91 Å². The summed E-state index contributed by atoms with van der Waals surface area (Å²) in [6.07, 6.45) is 0.947. The Bertz CT molecular complexity index is 655. The summed E-state index contributed by atoms with van der Waals surface area (Å²) in [5.41, 5.74) is 2.97. The van der Waals surface area contributed by atoms with E-state index in [1.54, 1.807) is 6.07 Å². The minimum atomic E-state index is -0.0666. The first kappa shape index (κ1) is 13.2. The quantitative estimate of drug-likeness (QED) is 0.936. The van der Waals surface area contributed by atoms with Crippen LogP contribution in [0.5, 0.6) is 5.75 Å². The van der Waals surface area contributed by atoms with Crippen LogP contribution in [0.4, 0.5) is 0 Å². The van der Waals surface area contributed by atoms with E-state index in [1.807, 2.05) is 30.3 Å². The van der Waals surface area contributed by atoms with E-state index in [4.69, 9.17) is 4.74 Å². The van der Waals surface area contributed by atoms with Crippen molar-refractivity contribution in [2.45, 2.75) is 13.0 Å². The summed E-state index contributed by atoms with van der Waals surface area (Å²) in [5.74, 6) is 0.898. The molecule has 102 valence electrons. The van der Waals surface area contributed by atoms with Crippen LogP contribution in [0.1, 0.15) is 21.5 Å². The molecular formula is C16H14BrNO2. The average molecular weight is 332 g/mol. The van der Waals surface area contributed by atoms with Gasteiger partial charge in [0.05, 0.1) is 6.61 Å². The summed E-state index contributed by atoms with van der Waals surface area (Å²) >= 11 is 3.37. The highest BCUT2D eigenvalue weighted by Crippen LogP contribution is 2.25. The highest BCUT2D eigenvalue weighted by atomic mass is 79.9. The molecule has 1 amide bonds. The van der Waals surface area contributed by atoms with Crippen LogP contribution >= 0.6 is 15.9 Å². The minimum absolute atomic E-state index is 0.0666. The van der Waals surface area contributed by atoms with Crippen molar-refractivity contribution in [2.24, 2.45) is 0 Å². The third-order valence-corrected chi connectivity index (χ3v) is 3.79. The summed E-state index contributed by atoms with van der Waals surface area (Å²) < 4.78 is 6.37. The number of hydrogen-bond donors (Lipinski definition) is 1. The van der Waals surface area contributed by atoms with Crippen LogP contribution in [0.2, 0.25) is 0 Å². The van der Waals surface area contributed by atoms with E-state index < -0.39 is 0 Å². The van der Waals surface area contributed by atoms with Crippen molar-refractivity contribution in [2.75, 3.05) is 6.61 Å². The predicted molar refractivity (Wildman–Crippen MR) is 81.0 cm³/mol. The fraction of sp³-hybridized carbons (Fsp3) is 0.188. The summed E-state index contributed by atoms with van der Waals surface area (Å²) in [6, 6.07) is 13.4. The lowest BCUT2D eigenvalue weighted by Crippen LogP contribution is -2.22. The van der Waals surface area contributed by atoms with Crippen LogP contribution in [-0.2, 0) is 13.0 Å². The number of ether oxygens (including phenoxy) is 1. The molecule has 2 aromatic rings. The summed E-state index contributed by atoms with van der Waals surface area (Å²) in [7, 11) is 0. The third kappa shape index (κ3) is 2.85. The second-order valence-corrected chi connectivity index (χ2v) is 5.65. The monoisotopic (exact) mass is 331 g/mol. The fourth-order valence-corrected chi connectivity index (χ4v) is 2.66. The van der Waals surface area contributed by atoms with Crippen LogP contribution in [0, 0.1) is 0 Å². The molecule has 0 spiro atoms. The first-order chi connectivity index (χ1) is 9.72. The molecule has 1 aliphatic rings. The predicted octanol–water partition coefficient (Wildman–Crippen LogP) is 3.31. The number of carbonyl (C=O) groups is 1. The molecule has 0 unspecified atom stereocenters. The average Bonchev–Trinajstić information content (AvgIpc) is 2.92. The zero-order chi connectivity index (χ0) is 13.9. The van der Waals surface area contributed by atoms with Crippen molar-refractivity contribution in [3.8, 4) is 5.75 Å². The molecule has 0 atom stereocenters. The molecule has 0 fully saturated rings. The zero-order valence-corrected chi connectivity index (χ0v) is 12.4. The van der Waals surface area contributed by atoms with Crippen LogP contribution in [0.15, 0.2) is 46.9 Å². The maximum atomic E-state index is 12.0. The molecule has 3 rings (SSSR count). The number of halogens is 1. The lowest BCUT2D eigenvalue weighted by atomic mass is 10.1. The number of fused-ring (bicyclic) bond motifs is 1. The molecule has 0 bridgehead atoms. The van der Waals surface area contributed by atoms with Crippen molar-refractivity contribution in [3.63, 3.8) is 0 Å². The van der Waals surface area contributed by atoms with Gasteiger partial charge in [-0.05, 0) is 35.4 Å². The largest absolute Gasteiger partial charge is 0.493 e.